The van der Waals surface area contributed by atoms with Gasteiger partial charge in [0.05, 0.1) is 0 Å². The topological polar surface area (TPSA) is 38.0 Å². The molecule has 3 atom stereocenters. The first-order chi connectivity index (χ1) is 9.11. The van der Waals surface area contributed by atoms with Crippen LogP contribution in [0.2, 0.25) is 0 Å². The molecular formula is C17H28N2. The van der Waals surface area contributed by atoms with Crippen LogP contribution in [0.5, 0.6) is 0 Å². The summed E-state index contributed by atoms with van der Waals surface area (Å²) < 4.78 is 0. The fourth-order valence-electron chi connectivity index (χ4n) is 3.43. The monoisotopic (exact) mass is 260 g/mol. The highest BCUT2D eigenvalue weighted by molar-refractivity contribution is 5.32. The van der Waals surface area contributed by atoms with Crippen LogP contribution >= 0.6 is 0 Å². The molecule has 19 heavy (non-hydrogen) atoms. The maximum Gasteiger partial charge on any atom is 0.0297 e. The summed E-state index contributed by atoms with van der Waals surface area (Å²) in [5.74, 6) is 0.655. The number of benzene rings is 1. The predicted octanol–water partition coefficient (Wildman–Crippen LogP) is 3.47. The second-order valence-corrected chi connectivity index (χ2v) is 6.14. The Kier molecular flexibility index (Phi) is 5.00. The second-order valence-electron chi connectivity index (χ2n) is 6.14. The number of rotatable bonds is 4. The Balaban J connectivity index is 2.05. The largest absolute Gasteiger partial charge is 0.330 e. The van der Waals surface area contributed by atoms with Crippen molar-refractivity contribution in [3.05, 3.63) is 34.9 Å². The van der Waals surface area contributed by atoms with Crippen LogP contribution in [0.25, 0.3) is 0 Å². The number of hydrogen-bond acceptors (Lipinski definition) is 2. The summed E-state index contributed by atoms with van der Waals surface area (Å²) in [6.45, 7) is 7.46. The Morgan fingerprint density at radius 3 is 2.68 bits per heavy atom. The van der Waals surface area contributed by atoms with Gasteiger partial charge < -0.3 is 11.1 Å². The quantitative estimate of drug-likeness (QED) is 0.870. The summed E-state index contributed by atoms with van der Waals surface area (Å²) >= 11 is 0. The van der Waals surface area contributed by atoms with Crippen LogP contribution in [0.15, 0.2) is 18.2 Å². The summed E-state index contributed by atoms with van der Waals surface area (Å²) in [5, 5.41) is 3.82. The van der Waals surface area contributed by atoms with Gasteiger partial charge in [-0.15, -0.1) is 0 Å². The zero-order valence-corrected chi connectivity index (χ0v) is 12.6. The van der Waals surface area contributed by atoms with Gasteiger partial charge in [0, 0.05) is 12.1 Å². The normalized spacial score (nSPS) is 25.3. The molecule has 0 aliphatic heterocycles. The highest BCUT2D eigenvalue weighted by Gasteiger charge is 2.25. The fourth-order valence-corrected chi connectivity index (χ4v) is 3.43. The highest BCUT2D eigenvalue weighted by atomic mass is 15.0. The Bertz CT molecular complexity index is 414. The molecular weight excluding hydrogens is 232 g/mol. The molecule has 1 aliphatic rings. The zero-order valence-electron chi connectivity index (χ0n) is 12.6. The lowest BCUT2D eigenvalue weighted by Crippen LogP contribution is -2.43. The van der Waals surface area contributed by atoms with E-state index in [4.69, 9.17) is 5.73 Å². The first-order valence-electron chi connectivity index (χ1n) is 7.65. The molecule has 2 rings (SSSR count). The van der Waals surface area contributed by atoms with Crippen LogP contribution in [-0.2, 0) is 0 Å². The van der Waals surface area contributed by atoms with Gasteiger partial charge in [-0.05, 0) is 57.2 Å². The molecule has 0 saturated heterocycles. The van der Waals surface area contributed by atoms with Gasteiger partial charge in [-0.2, -0.15) is 0 Å². The standard InChI is InChI=1S/C17H28N2/c1-12-8-9-16(13(2)10-12)14(3)19-17-7-5-4-6-15(17)11-18/h8-10,14-15,17,19H,4-7,11,18H2,1-3H3. The summed E-state index contributed by atoms with van der Waals surface area (Å²) in [6.07, 6.45) is 5.25. The van der Waals surface area contributed by atoms with Crippen LogP contribution in [0.3, 0.4) is 0 Å². The molecule has 3 unspecified atom stereocenters. The summed E-state index contributed by atoms with van der Waals surface area (Å²) in [6, 6.07) is 7.76. The van der Waals surface area contributed by atoms with Crippen molar-refractivity contribution in [3.63, 3.8) is 0 Å². The summed E-state index contributed by atoms with van der Waals surface area (Å²) in [7, 11) is 0. The average Bonchev–Trinajstić information content (AvgIpc) is 2.39. The minimum absolute atomic E-state index is 0.415. The molecule has 0 radical (unpaired) electrons. The van der Waals surface area contributed by atoms with Gasteiger partial charge in [0.15, 0.2) is 0 Å². The fraction of sp³-hybridized carbons (Fsp3) is 0.647. The molecule has 0 amide bonds. The number of hydrogen-bond donors (Lipinski definition) is 2. The molecule has 1 saturated carbocycles. The Labute approximate surface area is 117 Å². The number of nitrogens with two attached hydrogens (primary N) is 1. The molecule has 1 aliphatic carbocycles. The van der Waals surface area contributed by atoms with Gasteiger partial charge >= 0.3 is 0 Å². The van der Waals surface area contributed by atoms with E-state index in [2.05, 4.69) is 44.3 Å². The van der Waals surface area contributed by atoms with Crippen LogP contribution in [0.1, 0.15) is 55.3 Å². The molecule has 1 fully saturated rings. The molecule has 0 heterocycles. The molecule has 1 aromatic carbocycles. The van der Waals surface area contributed by atoms with E-state index in [0.717, 1.165) is 6.54 Å². The van der Waals surface area contributed by atoms with Crippen LogP contribution in [-0.4, -0.2) is 12.6 Å². The zero-order chi connectivity index (χ0) is 13.8. The maximum absolute atomic E-state index is 5.92. The van der Waals surface area contributed by atoms with E-state index < -0.39 is 0 Å². The molecule has 3 N–H and O–H groups in total. The van der Waals surface area contributed by atoms with Gasteiger partial charge in [0.1, 0.15) is 0 Å². The molecule has 0 spiro atoms. The number of aryl methyl sites for hydroxylation is 2. The van der Waals surface area contributed by atoms with Gasteiger partial charge in [0.25, 0.3) is 0 Å². The third-order valence-electron chi connectivity index (χ3n) is 4.57. The van der Waals surface area contributed by atoms with Crippen LogP contribution in [0, 0.1) is 19.8 Å². The van der Waals surface area contributed by atoms with Gasteiger partial charge in [-0.25, -0.2) is 0 Å². The predicted molar refractivity (Wildman–Crippen MR) is 82.3 cm³/mol. The third kappa shape index (κ3) is 3.58. The molecule has 106 valence electrons. The van der Waals surface area contributed by atoms with Gasteiger partial charge in [0.2, 0.25) is 0 Å². The van der Waals surface area contributed by atoms with E-state index >= 15 is 0 Å². The first-order valence-corrected chi connectivity index (χ1v) is 7.65. The smallest absolute Gasteiger partial charge is 0.0297 e. The lowest BCUT2D eigenvalue weighted by atomic mass is 9.83. The Morgan fingerprint density at radius 1 is 1.26 bits per heavy atom. The van der Waals surface area contributed by atoms with Gasteiger partial charge in [-0.3, -0.25) is 0 Å². The lowest BCUT2D eigenvalue weighted by Gasteiger charge is -2.34. The van der Waals surface area contributed by atoms with E-state index in [1.807, 2.05) is 0 Å². The molecule has 0 bridgehead atoms. The van der Waals surface area contributed by atoms with E-state index in [-0.39, 0.29) is 0 Å². The van der Waals surface area contributed by atoms with E-state index in [1.165, 1.54) is 42.4 Å². The minimum Gasteiger partial charge on any atom is -0.330 e. The first kappa shape index (κ1) is 14.5. The van der Waals surface area contributed by atoms with Crippen molar-refractivity contribution in [2.45, 2.75) is 58.5 Å². The lowest BCUT2D eigenvalue weighted by molar-refractivity contribution is 0.252. The summed E-state index contributed by atoms with van der Waals surface area (Å²) in [4.78, 5) is 0. The van der Waals surface area contributed by atoms with Crippen LogP contribution < -0.4 is 11.1 Å². The summed E-state index contributed by atoms with van der Waals surface area (Å²) in [5.41, 5.74) is 10.1. The molecule has 2 heteroatoms. The van der Waals surface area contributed by atoms with E-state index in [9.17, 15) is 0 Å². The molecule has 1 aromatic rings. The van der Waals surface area contributed by atoms with Crippen molar-refractivity contribution in [1.29, 1.82) is 0 Å². The van der Waals surface area contributed by atoms with E-state index in [1.54, 1.807) is 0 Å². The highest BCUT2D eigenvalue weighted by Crippen LogP contribution is 2.27. The van der Waals surface area contributed by atoms with Crippen molar-refractivity contribution in [3.8, 4) is 0 Å². The van der Waals surface area contributed by atoms with Crippen molar-refractivity contribution in [2.24, 2.45) is 11.7 Å². The Morgan fingerprint density at radius 2 is 2.00 bits per heavy atom. The SMILES string of the molecule is Cc1ccc(C(C)NC2CCCCC2CN)c(C)c1. The van der Waals surface area contributed by atoms with Crippen molar-refractivity contribution in [1.82, 2.24) is 5.32 Å². The van der Waals surface area contributed by atoms with Crippen LogP contribution in [0.4, 0.5) is 0 Å². The minimum atomic E-state index is 0.415. The van der Waals surface area contributed by atoms with Gasteiger partial charge in [-0.1, -0.05) is 36.6 Å². The van der Waals surface area contributed by atoms with Crippen molar-refractivity contribution in [2.75, 3.05) is 6.54 Å². The average molecular weight is 260 g/mol. The third-order valence-corrected chi connectivity index (χ3v) is 4.57. The Hall–Kier alpha value is -0.860. The van der Waals surface area contributed by atoms with Crippen molar-refractivity contribution < 1.29 is 0 Å². The number of nitrogens with one attached hydrogen (secondary N) is 1. The van der Waals surface area contributed by atoms with E-state index in [0.29, 0.717) is 18.0 Å². The molecule has 2 nitrogen and oxygen atoms in total. The maximum atomic E-state index is 5.92. The molecule has 0 aromatic heterocycles. The second kappa shape index (κ2) is 6.53. The van der Waals surface area contributed by atoms with Crippen molar-refractivity contribution >= 4 is 0 Å².